The Morgan fingerprint density at radius 1 is 1.20 bits per heavy atom. The lowest BCUT2D eigenvalue weighted by Crippen LogP contribution is -2.40. The first-order valence-electron chi connectivity index (χ1n) is 8.02. The molecule has 7 nitrogen and oxygen atoms in total. The van der Waals surface area contributed by atoms with Crippen LogP contribution in [0.15, 0.2) is 12.1 Å². The van der Waals surface area contributed by atoms with E-state index in [2.05, 4.69) is 4.90 Å². The highest BCUT2D eigenvalue weighted by Gasteiger charge is 2.21. The van der Waals surface area contributed by atoms with Crippen LogP contribution in [0.3, 0.4) is 0 Å². The molecule has 0 unspecified atom stereocenters. The van der Waals surface area contributed by atoms with E-state index in [1.807, 2.05) is 0 Å². The molecule has 0 aromatic heterocycles. The van der Waals surface area contributed by atoms with Gasteiger partial charge in [-0.2, -0.15) is 0 Å². The van der Waals surface area contributed by atoms with E-state index < -0.39 is 5.97 Å². The van der Waals surface area contributed by atoms with Gasteiger partial charge in [0, 0.05) is 18.7 Å². The predicted molar refractivity (Wildman–Crippen MR) is 95.8 cm³/mol. The van der Waals surface area contributed by atoms with Gasteiger partial charge in [-0.25, -0.2) is 4.79 Å². The minimum Gasteiger partial charge on any atom is -0.493 e. The SMILES string of the molecule is CCOC(=O)COc1c(OC)cc(C(=S)N2CCOCC2)cc1OC. The molecule has 0 amide bonds. The van der Waals surface area contributed by atoms with Crippen LogP contribution in [0.5, 0.6) is 17.2 Å². The molecule has 0 bridgehead atoms. The fourth-order valence-corrected chi connectivity index (χ4v) is 2.73. The monoisotopic (exact) mass is 369 g/mol. The summed E-state index contributed by atoms with van der Waals surface area (Å²) in [4.78, 5) is 14.3. The Balaban J connectivity index is 2.23. The van der Waals surface area contributed by atoms with Crippen LogP contribution in [0.4, 0.5) is 0 Å². The number of benzene rings is 1. The third-order valence-electron chi connectivity index (χ3n) is 3.65. The van der Waals surface area contributed by atoms with Gasteiger partial charge in [-0.1, -0.05) is 12.2 Å². The number of thiocarbonyl (C=S) groups is 1. The van der Waals surface area contributed by atoms with Gasteiger partial charge in [-0.15, -0.1) is 0 Å². The van der Waals surface area contributed by atoms with Gasteiger partial charge < -0.3 is 28.6 Å². The first-order valence-corrected chi connectivity index (χ1v) is 8.43. The molecule has 1 fully saturated rings. The van der Waals surface area contributed by atoms with Crippen LogP contribution in [-0.2, 0) is 14.3 Å². The van der Waals surface area contributed by atoms with Crippen molar-refractivity contribution in [2.75, 3.05) is 53.7 Å². The molecule has 2 rings (SSSR count). The molecular weight excluding hydrogens is 346 g/mol. The number of hydrogen-bond donors (Lipinski definition) is 0. The van der Waals surface area contributed by atoms with Gasteiger partial charge in [0.2, 0.25) is 5.75 Å². The van der Waals surface area contributed by atoms with Gasteiger partial charge in [0.15, 0.2) is 18.1 Å². The predicted octanol–water partition coefficient (Wildman–Crippen LogP) is 1.65. The van der Waals surface area contributed by atoms with Gasteiger partial charge in [0.25, 0.3) is 0 Å². The fraction of sp³-hybridized carbons (Fsp3) is 0.529. The first-order chi connectivity index (χ1) is 12.1. The lowest BCUT2D eigenvalue weighted by Gasteiger charge is -2.29. The van der Waals surface area contributed by atoms with Crippen LogP contribution in [-0.4, -0.2) is 69.6 Å². The van der Waals surface area contributed by atoms with Gasteiger partial charge in [0.05, 0.1) is 34.0 Å². The summed E-state index contributed by atoms with van der Waals surface area (Å²) >= 11 is 5.58. The topological polar surface area (TPSA) is 66.5 Å². The molecule has 0 aliphatic carbocycles. The van der Waals surface area contributed by atoms with Crippen molar-refractivity contribution in [2.24, 2.45) is 0 Å². The maximum atomic E-state index is 11.5. The highest BCUT2D eigenvalue weighted by molar-refractivity contribution is 7.80. The third-order valence-corrected chi connectivity index (χ3v) is 4.14. The summed E-state index contributed by atoms with van der Waals surface area (Å²) in [6.07, 6.45) is 0. The molecule has 8 heteroatoms. The van der Waals surface area contributed by atoms with Gasteiger partial charge >= 0.3 is 5.97 Å². The van der Waals surface area contributed by atoms with Crippen molar-refractivity contribution < 1.29 is 28.5 Å². The van der Waals surface area contributed by atoms with Crippen molar-refractivity contribution in [1.29, 1.82) is 0 Å². The van der Waals surface area contributed by atoms with Crippen molar-refractivity contribution in [2.45, 2.75) is 6.92 Å². The average Bonchev–Trinajstić information content (AvgIpc) is 2.66. The van der Waals surface area contributed by atoms with E-state index in [4.69, 9.17) is 35.9 Å². The van der Waals surface area contributed by atoms with E-state index in [9.17, 15) is 4.79 Å². The number of hydrogen-bond acceptors (Lipinski definition) is 7. The number of carbonyl (C=O) groups is 1. The number of ether oxygens (including phenoxy) is 5. The summed E-state index contributed by atoms with van der Waals surface area (Å²) in [7, 11) is 3.04. The maximum Gasteiger partial charge on any atom is 0.344 e. The van der Waals surface area contributed by atoms with Crippen LogP contribution in [0.1, 0.15) is 12.5 Å². The van der Waals surface area contributed by atoms with Crippen LogP contribution in [0.25, 0.3) is 0 Å². The molecule has 1 aliphatic heterocycles. The molecule has 138 valence electrons. The summed E-state index contributed by atoms with van der Waals surface area (Å²) in [5.41, 5.74) is 0.786. The zero-order chi connectivity index (χ0) is 18.2. The van der Waals surface area contributed by atoms with Gasteiger partial charge in [-0.3, -0.25) is 0 Å². The van der Waals surface area contributed by atoms with Crippen LogP contribution >= 0.6 is 12.2 Å². The molecule has 1 heterocycles. The molecule has 0 atom stereocenters. The molecule has 0 N–H and O–H groups in total. The number of esters is 1. The zero-order valence-corrected chi connectivity index (χ0v) is 15.5. The molecule has 1 aromatic carbocycles. The van der Waals surface area contributed by atoms with Crippen molar-refractivity contribution in [3.63, 3.8) is 0 Å². The summed E-state index contributed by atoms with van der Waals surface area (Å²) < 4.78 is 26.6. The van der Waals surface area contributed by atoms with Crippen molar-refractivity contribution in [1.82, 2.24) is 4.90 Å². The Morgan fingerprint density at radius 2 is 1.80 bits per heavy atom. The lowest BCUT2D eigenvalue weighted by molar-refractivity contribution is -0.145. The zero-order valence-electron chi connectivity index (χ0n) is 14.7. The van der Waals surface area contributed by atoms with Crippen molar-refractivity contribution in [3.05, 3.63) is 17.7 Å². The molecule has 1 aliphatic rings. The number of methoxy groups -OCH3 is 2. The maximum absolute atomic E-state index is 11.5. The standard InChI is InChI=1S/C17H23NO6S/c1-4-23-15(19)11-24-16-13(20-2)9-12(10-14(16)21-3)17(25)18-5-7-22-8-6-18/h9-10H,4-8,11H2,1-3H3. The Kier molecular flexibility index (Phi) is 7.27. The molecule has 1 saturated heterocycles. The number of rotatable bonds is 7. The Labute approximate surface area is 152 Å². The minimum atomic E-state index is -0.459. The largest absolute Gasteiger partial charge is 0.493 e. The average molecular weight is 369 g/mol. The van der Waals surface area contributed by atoms with E-state index in [0.717, 1.165) is 18.7 Å². The second-order valence-corrected chi connectivity index (χ2v) is 5.59. The van der Waals surface area contributed by atoms with E-state index in [1.54, 1.807) is 19.1 Å². The second-order valence-electron chi connectivity index (χ2n) is 5.21. The Morgan fingerprint density at radius 3 is 2.32 bits per heavy atom. The fourth-order valence-electron chi connectivity index (χ4n) is 2.43. The van der Waals surface area contributed by atoms with E-state index >= 15 is 0 Å². The van der Waals surface area contributed by atoms with E-state index in [-0.39, 0.29) is 6.61 Å². The van der Waals surface area contributed by atoms with Crippen LogP contribution in [0.2, 0.25) is 0 Å². The highest BCUT2D eigenvalue weighted by Crippen LogP contribution is 2.39. The Bertz CT molecular complexity index is 590. The lowest BCUT2D eigenvalue weighted by atomic mass is 10.1. The number of carbonyl (C=O) groups excluding carboxylic acids is 1. The molecule has 0 radical (unpaired) electrons. The molecule has 25 heavy (non-hydrogen) atoms. The van der Waals surface area contributed by atoms with E-state index in [1.165, 1.54) is 14.2 Å². The summed E-state index contributed by atoms with van der Waals surface area (Å²) in [5.74, 6) is 0.759. The van der Waals surface area contributed by atoms with Crippen LogP contribution in [0, 0.1) is 0 Å². The van der Waals surface area contributed by atoms with Crippen molar-refractivity contribution >= 4 is 23.2 Å². The number of morpholine rings is 1. The first kappa shape index (κ1) is 19.3. The minimum absolute atomic E-state index is 0.228. The number of nitrogens with zero attached hydrogens (tertiary/aromatic N) is 1. The molecule has 0 saturated carbocycles. The Hall–Kier alpha value is -2.06. The molecule has 1 aromatic rings. The van der Waals surface area contributed by atoms with Gasteiger partial charge in [-0.05, 0) is 19.1 Å². The summed E-state index contributed by atoms with van der Waals surface area (Å²) in [6, 6.07) is 3.56. The smallest absolute Gasteiger partial charge is 0.344 e. The molecule has 0 spiro atoms. The van der Waals surface area contributed by atoms with E-state index in [0.29, 0.717) is 42.1 Å². The summed E-state index contributed by atoms with van der Waals surface area (Å²) in [6.45, 7) is 4.58. The van der Waals surface area contributed by atoms with Crippen LogP contribution < -0.4 is 14.2 Å². The van der Waals surface area contributed by atoms with Crippen molar-refractivity contribution in [3.8, 4) is 17.2 Å². The van der Waals surface area contributed by atoms with Gasteiger partial charge in [0.1, 0.15) is 4.99 Å². The second kappa shape index (κ2) is 9.43. The third kappa shape index (κ3) is 4.96. The summed E-state index contributed by atoms with van der Waals surface area (Å²) in [5, 5.41) is 0. The molecular formula is C17H23NO6S. The highest BCUT2D eigenvalue weighted by atomic mass is 32.1. The quantitative estimate of drug-likeness (QED) is 0.531. The normalized spacial score (nSPS) is 14.0.